The van der Waals surface area contributed by atoms with Crippen LogP contribution in [0.1, 0.15) is 16.1 Å². The van der Waals surface area contributed by atoms with Crippen molar-refractivity contribution in [3.05, 3.63) is 52.8 Å². The van der Waals surface area contributed by atoms with Crippen LogP contribution in [0.15, 0.2) is 36.5 Å². The van der Waals surface area contributed by atoms with Crippen LogP contribution in [0.4, 0.5) is 5.69 Å². The van der Waals surface area contributed by atoms with Crippen LogP contribution in [0.5, 0.6) is 5.75 Å². The second kappa shape index (κ2) is 5.06. The largest absolute Gasteiger partial charge is 0.505 e. The van der Waals surface area contributed by atoms with E-state index in [0.717, 1.165) is 5.56 Å². The van der Waals surface area contributed by atoms with Crippen molar-refractivity contribution in [1.82, 2.24) is 4.98 Å². The average molecular weight is 263 g/mol. The van der Waals surface area contributed by atoms with Crippen molar-refractivity contribution >= 4 is 23.2 Å². The van der Waals surface area contributed by atoms with Gasteiger partial charge in [0.1, 0.15) is 5.75 Å². The molecule has 0 unspecified atom stereocenters. The number of carbonyl (C=O) groups excluding carboxylic acids is 1. The number of aromatic nitrogens is 1. The number of halogens is 1. The van der Waals surface area contributed by atoms with Gasteiger partial charge in [0.25, 0.3) is 5.91 Å². The number of amides is 1. The lowest BCUT2D eigenvalue weighted by Gasteiger charge is -2.09. The Morgan fingerprint density at radius 2 is 2.11 bits per heavy atom. The molecular formula is C13H11ClN2O2. The number of nitrogens with zero attached hydrogens (tertiary/aromatic N) is 1. The molecule has 1 aromatic carbocycles. The number of hydrogen-bond donors (Lipinski definition) is 2. The molecule has 0 aliphatic carbocycles. The van der Waals surface area contributed by atoms with Crippen LogP contribution in [0.2, 0.25) is 5.02 Å². The van der Waals surface area contributed by atoms with Crippen LogP contribution < -0.4 is 5.32 Å². The van der Waals surface area contributed by atoms with E-state index in [1.54, 1.807) is 31.2 Å². The molecule has 0 saturated carbocycles. The second-order valence-electron chi connectivity index (χ2n) is 3.74. The summed E-state index contributed by atoms with van der Waals surface area (Å²) in [6, 6.07) is 8.18. The maximum absolute atomic E-state index is 11.9. The topological polar surface area (TPSA) is 62.2 Å². The summed E-state index contributed by atoms with van der Waals surface area (Å²) in [6.45, 7) is 1.80. The molecule has 92 valence electrons. The predicted molar refractivity (Wildman–Crippen MR) is 70.0 cm³/mol. The Bertz CT molecular complexity index is 599. The van der Waals surface area contributed by atoms with Crippen LogP contribution in [0.3, 0.4) is 0 Å². The first-order valence-corrected chi connectivity index (χ1v) is 5.68. The second-order valence-corrected chi connectivity index (χ2v) is 4.14. The van der Waals surface area contributed by atoms with Crippen molar-refractivity contribution < 1.29 is 9.90 Å². The standard InChI is InChI=1S/C13H11ClN2O2/c1-8-9(14)4-2-5-10(8)16-13(18)12-11(17)6-3-7-15-12/h2-7,17H,1H3,(H,16,18). The molecule has 0 aliphatic heterocycles. The van der Waals surface area contributed by atoms with Crippen LogP contribution in [-0.2, 0) is 0 Å². The predicted octanol–water partition coefficient (Wildman–Crippen LogP) is 3.00. The van der Waals surface area contributed by atoms with Crippen LogP contribution >= 0.6 is 11.6 Å². The number of hydrogen-bond acceptors (Lipinski definition) is 3. The molecule has 2 N–H and O–H groups in total. The van der Waals surface area contributed by atoms with Gasteiger partial charge >= 0.3 is 0 Å². The van der Waals surface area contributed by atoms with Crippen LogP contribution in [0.25, 0.3) is 0 Å². The minimum absolute atomic E-state index is 0.0168. The first-order valence-electron chi connectivity index (χ1n) is 5.30. The molecule has 2 rings (SSSR count). The van der Waals surface area contributed by atoms with Gasteiger partial charge in [-0.3, -0.25) is 4.79 Å². The Morgan fingerprint density at radius 1 is 1.33 bits per heavy atom. The van der Waals surface area contributed by atoms with Gasteiger partial charge in [0.15, 0.2) is 5.69 Å². The summed E-state index contributed by atoms with van der Waals surface area (Å²) in [5.41, 5.74) is 1.34. The third kappa shape index (κ3) is 2.43. The summed E-state index contributed by atoms with van der Waals surface area (Å²) in [4.78, 5) is 15.8. The molecule has 0 fully saturated rings. The summed E-state index contributed by atoms with van der Waals surface area (Å²) in [5, 5.41) is 12.8. The van der Waals surface area contributed by atoms with E-state index in [2.05, 4.69) is 10.3 Å². The molecule has 1 amide bonds. The monoisotopic (exact) mass is 262 g/mol. The molecule has 2 aromatic rings. The highest BCUT2D eigenvalue weighted by atomic mass is 35.5. The molecule has 1 heterocycles. The number of pyridine rings is 1. The molecular weight excluding hydrogens is 252 g/mol. The van der Waals surface area contributed by atoms with Crippen molar-refractivity contribution in [3.63, 3.8) is 0 Å². The number of carbonyl (C=O) groups is 1. The zero-order valence-corrected chi connectivity index (χ0v) is 10.4. The summed E-state index contributed by atoms with van der Waals surface area (Å²) < 4.78 is 0. The summed E-state index contributed by atoms with van der Waals surface area (Å²) >= 11 is 5.96. The minimum Gasteiger partial charge on any atom is -0.505 e. The highest BCUT2D eigenvalue weighted by Gasteiger charge is 2.13. The molecule has 0 bridgehead atoms. The van der Waals surface area contributed by atoms with E-state index in [0.29, 0.717) is 10.7 Å². The summed E-state index contributed by atoms with van der Waals surface area (Å²) in [7, 11) is 0. The number of rotatable bonds is 2. The van der Waals surface area contributed by atoms with Crippen molar-refractivity contribution in [2.45, 2.75) is 6.92 Å². The fourth-order valence-electron chi connectivity index (χ4n) is 1.50. The lowest BCUT2D eigenvalue weighted by atomic mass is 10.2. The molecule has 0 atom stereocenters. The number of benzene rings is 1. The van der Waals surface area contributed by atoms with Gasteiger partial charge in [-0.1, -0.05) is 17.7 Å². The van der Waals surface area contributed by atoms with Gasteiger partial charge < -0.3 is 10.4 Å². The number of nitrogens with one attached hydrogen (secondary N) is 1. The molecule has 18 heavy (non-hydrogen) atoms. The summed E-state index contributed by atoms with van der Waals surface area (Å²) in [5.74, 6) is -0.631. The Morgan fingerprint density at radius 3 is 2.83 bits per heavy atom. The quantitative estimate of drug-likeness (QED) is 0.875. The third-order valence-corrected chi connectivity index (χ3v) is 2.93. The van der Waals surface area contributed by atoms with Crippen molar-refractivity contribution in [2.75, 3.05) is 5.32 Å². The minimum atomic E-state index is -0.474. The molecule has 1 aromatic heterocycles. The Balaban J connectivity index is 2.27. The van der Waals surface area contributed by atoms with Gasteiger partial charge in [0.2, 0.25) is 0 Å². The molecule has 0 radical (unpaired) electrons. The Kier molecular flexibility index (Phi) is 3.48. The highest BCUT2D eigenvalue weighted by Crippen LogP contribution is 2.24. The van der Waals surface area contributed by atoms with Crippen molar-refractivity contribution in [3.8, 4) is 5.75 Å². The van der Waals surface area contributed by atoms with E-state index in [1.807, 2.05) is 0 Å². The van der Waals surface area contributed by atoms with Crippen molar-refractivity contribution in [2.24, 2.45) is 0 Å². The lowest BCUT2D eigenvalue weighted by molar-refractivity contribution is 0.101. The molecule has 5 heteroatoms. The zero-order valence-electron chi connectivity index (χ0n) is 9.64. The van der Waals surface area contributed by atoms with Crippen molar-refractivity contribution in [1.29, 1.82) is 0 Å². The van der Waals surface area contributed by atoms with Gasteiger partial charge in [0.05, 0.1) is 0 Å². The van der Waals surface area contributed by atoms with E-state index in [1.165, 1.54) is 12.3 Å². The normalized spacial score (nSPS) is 10.1. The van der Waals surface area contributed by atoms with Crippen LogP contribution in [0, 0.1) is 6.92 Å². The average Bonchev–Trinajstić information content (AvgIpc) is 2.35. The fraction of sp³-hybridized carbons (Fsp3) is 0.0769. The molecule has 0 spiro atoms. The van der Waals surface area contributed by atoms with E-state index >= 15 is 0 Å². The fourth-order valence-corrected chi connectivity index (χ4v) is 1.67. The molecule has 0 saturated heterocycles. The zero-order chi connectivity index (χ0) is 13.1. The maximum Gasteiger partial charge on any atom is 0.278 e. The first kappa shape index (κ1) is 12.4. The summed E-state index contributed by atoms with van der Waals surface area (Å²) in [6.07, 6.45) is 1.44. The van der Waals surface area contributed by atoms with E-state index in [-0.39, 0.29) is 11.4 Å². The van der Waals surface area contributed by atoms with Gasteiger partial charge in [-0.2, -0.15) is 0 Å². The first-order chi connectivity index (χ1) is 8.59. The number of anilines is 1. The third-order valence-electron chi connectivity index (χ3n) is 2.52. The van der Waals surface area contributed by atoms with Gasteiger partial charge in [-0.05, 0) is 36.8 Å². The molecule has 0 aliphatic rings. The van der Waals surface area contributed by atoms with E-state index < -0.39 is 5.91 Å². The van der Waals surface area contributed by atoms with E-state index in [4.69, 9.17) is 11.6 Å². The Labute approximate surface area is 109 Å². The highest BCUT2D eigenvalue weighted by molar-refractivity contribution is 6.31. The molecule has 4 nitrogen and oxygen atoms in total. The smallest absolute Gasteiger partial charge is 0.278 e. The maximum atomic E-state index is 11.9. The van der Waals surface area contributed by atoms with Gasteiger partial charge in [-0.25, -0.2) is 4.98 Å². The Hall–Kier alpha value is -2.07. The van der Waals surface area contributed by atoms with Gasteiger partial charge in [-0.15, -0.1) is 0 Å². The van der Waals surface area contributed by atoms with Gasteiger partial charge in [0, 0.05) is 16.9 Å². The lowest BCUT2D eigenvalue weighted by Crippen LogP contribution is -2.14. The van der Waals surface area contributed by atoms with Crippen LogP contribution in [-0.4, -0.2) is 16.0 Å². The number of aromatic hydroxyl groups is 1. The van der Waals surface area contributed by atoms with E-state index in [9.17, 15) is 9.90 Å². The SMILES string of the molecule is Cc1c(Cl)cccc1NC(=O)c1ncccc1O.